The zero-order valence-electron chi connectivity index (χ0n) is 22.3. The van der Waals surface area contributed by atoms with Gasteiger partial charge in [-0.15, -0.1) is 0 Å². The van der Waals surface area contributed by atoms with E-state index in [-0.39, 0.29) is 18.5 Å². The van der Waals surface area contributed by atoms with Gasteiger partial charge in [0.2, 0.25) is 21.8 Å². The van der Waals surface area contributed by atoms with Gasteiger partial charge in [-0.05, 0) is 55.0 Å². The minimum Gasteiger partial charge on any atom is -0.497 e. The number of nitrogens with zero attached hydrogens (tertiary/aromatic N) is 2. The first-order valence-corrected chi connectivity index (χ1v) is 14.8. The summed E-state index contributed by atoms with van der Waals surface area (Å²) in [7, 11) is -2.20. The highest BCUT2D eigenvalue weighted by Crippen LogP contribution is 2.25. The Balaban J connectivity index is 1.96. The lowest BCUT2D eigenvalue weighted by molar-refractivity contribution is -0.140. The van der Waals surface area contributed by atoms with Crippen molar-refractivity contribution in [3.8, 4) is 5.75 Å². The van der Waals surface area contributed by atoms with Crippen molar-refractivity contribution in [2.45, 2.75) is 71.0 Å². The minimum atomic E-state index is -3.77. The molecular formula is C28H39N3O5S. The highest BCUT2D eigenvalue weighted by atomic mass is 32.2. The van der Waals surface area contributed by atoms with Crippen LogP contribution in [-0.4, -0.2) is 57.1 Å². The second-order valence-electron chi connectivity index (χ2n) is 9.54. The van der Waals surface area contributed by atoms with Crippen LogP contribution < -0.4 is 14.4 Å². The average Bonchev–Trinajstić information content (AvgIpc) is 3.39. The number of hydrogen-bond donors (Lipinski definition) is 1. The van der Waals surface area contributed by atoms with E-state index in [1.807, 2.05) is 50.2 Å². The molecular weight excluding hydrogens is 490 g/mol. The molecule has 8 nitrogen and oxygen atoms in total. The van der Waals surface area contributed by atoms with E-state index in [0.717, 1.165) is 47.4 Å². The van der Waals surface area contributed by atoms with E-state index >= 15 is 0 Å². The Labute approximate surface area is 221 Å². The lowest BCUT2D eigenvalue weighted by Gasteiger charge is -2.33. The fraction of sp³-hybridized carbons (Fsp3) is 0.500. The number of aryl methyl sites for hydroxylation is 1. The molecule has 3 rings (SSSR count). The molecule has 1 aliphatic carbocycles. The number of para-hydroxylation sites is 1. The van der Waals surface area contributed by atoms with Crippen molar-refractivity contribution in [3.05, 3.63) is 59.7 Å². The first-order chi connectivity index (χ1) is 17.7. The summed E-state index contributed by atoms with van der Waals surface area (Å²) >= 11 is 0. The van der Waals surface area contributed by atoms with Crippen LogP contribution in [0.5, 0.6) is 5.75 Å². The summed E-state index contributed by atoms with van der Waals surface area (Å²) in [5, 5.41) is 3.12. The van der Waals surface area contributed by atoms with E-state index in [1.165, 1.54) is 4.90 Å². The van der Waals surface area contributed by atoms with Crippen LogP contribution in [-0.2, 0) is 32.6 Å². The molecule has 0 aromatic heterocycles. The molecule has 0 heterocycles. The van der Waals surface area contributed by atoms with Gasteiger partial charge in [0.15, 0.2) is 0 Å². The van der Waals surface area contributed by atoms with Gasteiger partial charge in [-0.25, -0.2) is 8.42 Å². The molecule has 1 N–H and O–H groups in total. The summed E-state index contributed by atoms with van der Waals surface area (Å²) in [6, 6.07) is 13.9. The molecule has 0 aliphatic heterocycles. The maximum Gasteiger partial charge on any atom is 0.244 e. The van der Waals surface area contributed by atoms with Crippen LogP contribution in [0.2, 0.25) is 0 Å². The Bertz CT molecular complexity index is 1180. The van der Waals surface area contributed by atoms with Crippen LogP contribution >= 0.6 is 0 Å². The first kappa shape index (κ1) is 28.5. The molecule has 2 amide bonds. The molecule has 1 saturated carbocycles. The fourth-order valence-corrected chi connectivity index (χ4v) is 5.78. The largest absolute Gasteiger partial charge is 0.497 e. The molecule has 1 aliphatic rings. The van der Waals surface area contributed by atoms with Crippen molar-refractivity contribution in [2.75, 3.05) is 24.2 Å². The fourth-order valence-electron chi connectivity index (χ4n) is 4.90. The molecule has 0 unspecified atom stereocenters. The van der Waals surface area contributed by atoms with Gasteiger partial charge in [0.1, 0.15) is 18.3 Å². The number of amides is 2. The number of nitrogens with one attached hydrogen (secondary N) is 1. The molecule has 0 bridgehead atoms. The van der Waals surface area contributed by atoms with Gasteiger partial charge in [0.05, 0.1) is 19.1 Å². The summed E-state index contributed by atoms with van der Waals surface area (Å²) in [4.78, 5) is 28.8. The van der Waals surface area contributed by atoms with Gasteiger partial charge in [0.25, 0.3) is 0 Å². The second kappa shape index (κ2) is 12.9. The van der Waals surface area contributed by atoms with Crippen LogP contribution in [0.25, 0.3) is 0 Å². The maximum absolute atomic E-state index is 13.9. The number of sulfonamides is 1. The molecule has 2 aromatic carbocycles. The Hall–Kier alpha value is -3.07. The number of methoxy groups -OCH3 is 1. The number of hydrogen-bond acceptors (Lipinski definition) is 5. The summed E-state index contributed by atoms with van der Waals surface area (Å²) in [5.41, 5.74) is 2.09. The third-order valence-corrected chi connectivity index (χ3v) is 8.02. The number of benzene rings is 2. The third-order valence-electron chi connectivity index (χ3n) is 6.89. The molecule has 9 heteroatoms. The van der Waals surface area contributed by atoms with Crippen molar-refractivity contribution in [2.24, 2.45) is 0 Å². The SMILES string of the molecule is CCc1ccccc1N(CC(=O)N(Cc1cccc(OC)c1)[C@H](CC)C(=O)NC1CCCC1)S(C)(=O)=O. The smallest absolute Gasteiger partial charge is 0.244 e. The van der Waals surface area contributed by atoms with Crippen LogP contribution in [0.4, 0.5) is 5.69 Å². The lowest BCUT2D eigenvalue weighted by atomic mass is 10.1. The van der Waals surface area contributed by atoms with E-state index in [0.29, 0.717) is 24.3 Å². The number of carbonyl (C=O) groups excluding carboxylic acids is 2. The zero-order valence-corrected chi connectivity index (χ0v) is 23.1. The average molecular weight is 530 g/mol. The Morgan fingerprint density at radius 3 is 2.41 bits per heavy atom. The molecule has 0 spiro atoms. The normalized spacial score (nSPS) is 14.7. The van der Waals surface area contributed by atoms with Gasteiger partial charge >= 0.3 is 0 Å². The van der Waals surface area contributed by atoms with Crippen LogP contribution in [0.3, 0.4) is 0 Å². The van der Waals surface area contributed by atoms with E-state index < -0.39 is 28.5 Å². The predicted molar refractivity (Wildman–Crippen MR) is 146 cm³/mol. The summed E-state index contributed by atoms with van der Waals surface area (Å²) < 4.78 is 32.2. The monoisotopic (exact) mass is 529 g/mol. The molecule has 1 fully saturated rings. The number of anilines is 1. The van der Waals surface area contributed by atoms with Crippen molar-refractivity contribution < 1.29 is 22.7 Å². The second-order valence-corrected chi connectivity index (χ2v) is 11.4. The standard InChI is InChI=1S/C28H39N3O5S/c1-5-22-13-7-10-17-26(22)31(37(4,34)35)20-27(32)30(19-21-12-11-16-24(18-21)36-3)25(6-2)28(33)29-23-14-8-9-15-23/h7,10-13,16-18,23,25H,5-6,8-9,14-15,19-20H2,1-4H3,(H,29,33)/t25-/m1/s1. The molecule has 1 atom stereocenters. The summed E-state index contributed by atoms with van der Waals surface area (Å²) in [5.74, 6) is 0.000994. The van der Waals surface area contributed by atoms with Gasteiger partial charge in [-0.1, -0.05) is 57.0 Å². The number of ether oxygens (including phenoxy) is 1. The molecule has 37 heavy (non-hydrogen) atoms. The summed E-state index contributed by atoms with van der Waals surface area (Å²) in [6.45, 7) is 3.56. The Kier molecular flexibility index (Phi) is 9.97. The topological polar surface area (TPSA) is 96.0 Å². The van der Waals surface area contributed by atoms with E-state index in [4.69, 9.17) is 4.74 Å². The molecule has 0 saturated heterocycles. The summed E-state index contributed by atoms with van der Waals surface area (Å²) in [6.07, 6.45) is 6.14. The van der Waals surface area contributed by atoms with Crippen LogP contribution in [0, 0.1) is 0 Å². The van der Waals surface area contributed by atoms with Gasteiger partial charge in [-0.3, -0.25) is 13.9 Å². The number of rotatable bonds is 12. The maximum atomic E-state index is 13.9. The van der Waals surface area contributed by atoms with Crippen molar-refractivity contribution >= 4 is 27.5 Å². The van der Waals surface area contributed by atoms with E-state index in [9.17, 15) is 18.0 Å². The van der Waals surface area contributed by atoms with Crippen LogP contribution in [0.1, 0.15) is 57.1 Å². The van der Waals surface area contributed by atoms with Crippen molar-refractivity contribution in [3.63, 3.8) is 0 Å². The lowest BCUT2D eigenvalue weighted by Crippen LogP contribution is -2.53. The van der Waals surface area contributed by atoms with Crippen LogP contribution in [0.15, 0.2) is 48.5 Å². The highest BCUT2D eigenvalue weighted by Gasteiger charge is 2.33. The Morgan fingerprint density at radius 2 is 1.78 bits per heavy atom. The van der Waals surface area contributed by atoms with Gasteiger partial charge in [-0.2, -0.15) is 0 Å². The van der Waals surface area contributed by atoms with Gasteiger partial charge in [0, 0.05) is 12.6 Å². The predicted octanol–water partition coefficient (Wildman–Crippen LogP) is 3.89. The molecule has 2 aromatic rings. The van der Waals surface area contributed by atoms with Gasteiger partial charge < -0.3 is 15.0 Å². The third kappa shape index (κ3) is 7.47. The highest BCUT2D eigenvalue weighted by molar-refractivity contribution is 7.92. The molecule has 0 radical (unpaired) electrons. The number of carbonyl (C=O) groups is 2. The molecule has 202 valence electrons. The van der Waals surface area contributed by atoms with Crippen molar-refractivity contribution in [1.82, 2.24) is 10.2 Å². The Morgan fingerprint density at radius 1 is 1.08 bits per heavy atom. The van der Waals surface area contributed by atoms with E-state index in [2.05, 4.69) is 5.32 Å². The van der Waals surface area contributed by atoms with Crippen molar-refractivity contribution in [1.29, 1.82) is 0 Å². The zero-order chi connectivity index (χ0) is 27.0. The van der Waals surface area contributed by atoms with E-state index in [1.54, 1.807) is 19.2 Å². The first-order valence-electron chi connectivity index (χ1n) is 13.0. The minimum absolute atomic E-state index is 0.110. The quantitative estimate of drug-likeness (QED) is 0.450.